The fraction of sp³-hybridized carbons (Fsp3) is 0.533. The molecule has 0 fully saturated rings. The fourth-order valence-electron chi connectivity index (χ4n) is 2.49. The van der Waals surface area contributed by atoms with E-state index in [1.807, 2.05) is 19.9 Å². The number of carbonyl (C=O) groups is 1. The van der Waals surface area contributed by atoms with Gasteiger partial charge < -0.3 is 5.32 Å². The number of halogens is 5. The molecule has 11 heteroatoms. The minimum absolute atomic E-state index is 0.276. The van der Waals surface area contributed by atoms with Crippen LogP contribution in [0.1, 0.15) is 42.0 Å². The van der Waals surface area contributed by atoms with Gasteiger partial charge in [-0.25, -0.2) is 17.6 Å². The van der Waals surface area contributed by atoms with Crippen LogP contribution in [-0.2, 0) is 17.9 Å². The summed E-state index contributed by atoms with van der Waals surface area (Å²) in [7, 11) is 0. The lowest BCUT2D eigenvalue weighted by atomic mass is 10.3. The summed E-state index contributed by atoms with van der Waals surface area (Å²) in [4.78, 5) is 11.9. The van der Waals surface area contributed by atoms with Gasteiger partial charge in [-0.2, -0.15) is 10.2 Å². The van der Waals surface area contributed by atoms with Crippen LogP contribution in [0.5, 0.6) is 0 Å². The van der Waals surface area contributed by atoms with E-state index in [1.165, 1.54) is 0 Å². The largest absolute Gasteiger partial charge is 0.354 e. The van der Waals surface area contributed by atoms with Crippen LogP contribution in [-0.4, -0.2) is 32.0 Å². The summed E-state index contributed by atoms with van der Waals surface area (Å²) in [6.45, 7) is 4.01. The van der Waals surface area contributed by atoms with Crippen molar-refractivity contribution >= 4 is 17.5 Å². The quantitative estimate of drug-likeness (QED) is 0.550. The second-order valence-corrected chi connectivity index (χ2v) is 6.08. The van der Waals surface area contributed by atoms with Gasteiger partial charge in [-0.15, -0.1) is 0 Å². The van der Waals surface area contributed by atoms with Crippen molar-refractivity contribution < 1.29 is 22.4 Å². The average Bonchev–Trinajstić information content (AvgIpc) is 3.02. The summed E-state index contributed by atoms with van der Waals surface area (Å²) in [5.74, 6) is -0.625. The molecule has 0 atom stereocenters. The minimum atomic E-state index is -3.12. The van der Waals surface area contributed by atoms with Crippen LogP contribution in [0, 0.1) is 13.8 Å². The highest BCUT2D eigenvalue weighted by Crippen LogP contribution is 2.34. The zero-order valence-corrected chi connectivity index (χ0v) is 14.9. The third-order valence-corrected chi connectivity index (χ3v) is 4.02. The number of hydrogen-bond donors (Lipinski definition) is 1. The first kappa shape index (κ1) is 20.2. The number of carbonyl (C=O) groups excluding carboxylic acids is 1. The summed E-state index contributed by atoms with van der Waals surface area (Å²) < 4.78 is 53.8. The molecule has 1 amide bonds. The van der Waals surface area contributed by atoms with Crippen molar-refractivity contribution in [3.05, 3.63) is 33.9 Å². The summed E-state index contributed by atoms with van der Waals surface area (Å²) in [6, 6.07) is 1.92. The average molecular weight is 396 g/mol. The number of nitrogens with one attached hydrogen (secondary N) is 1. The Morgan fingerprint density at radius 1 is 1.19 bits per heavy atom. The third-order valence-electron chi connectivity index (χ3n) is 3.64. The number of amides is 1. The first-order valence-corrected chi connectivity index (χ1v) is 8.18. The van der Waals surface area contributed by atoms with E-state index < -0.39 is 41.7 Å². The van der Waals surface area contributed by atoms with Gasteiger partial charge in [-0.3, -0.25) is 14.2 Å². The molecule has 0 spiro atoms. The van der Waals surface area contributed by atoms with Crippen LogP contribution in [0.2, 0.25) is 5.02 Å². The maximum atomic E-state index is 13.0. The standard InChI is InChI=1S/C15H18ClF4N5O/c1-8-6-9(2)24(22-8)5-3-4-21-10(26)7-25-13(15(19)20)11(16)12(23-25)14(17)18/h6,14-15H,3-5,7H2,1-2H3,(H,21,26). The van der Waals surface area contributed by atoms with E-state index in [4.69, 9.17) is 11.6 Å². The number of nitrogens with zero attached hydrogens (tertiary/aromatic N) is 4. The normalized spacial score (nSPS) is 11.6. The highest BCUT2D eigenvalue weighted by Gasteiger charge is 2.28. The number of hydrogen-bond acceptors (Lipinski definition) is 3. The predicted octanol–water partition coefficient (Wildman–Crippen LogP) is 3.43. The van der Waals surface area contributed by atoms with E-state index in [9.17, 15) is 22.4 Å². The van der Waals surface area contributed by atoms with Crippen LogP contribution in [0.3, 0.4) is 0 Å². The molecule has 0 radical (unpaired) electrons. The van der Waals surface area contributed by atoms with Crippen molar-refractivity contribution in [1.29, 1.82) is 0 Å². The van der Waals surface area contributed by atoms with Gasteiger partial charge in [-0.05, 0) is 26.3 Å². The van der Waals surface area contributed by atoms with Crippen molar-refractivity contribution in [2.45, 2.75) is 46.2 Å². The molecule has 0 unspecified atom stereocenters. The molecule has 2 rings (SSSR count). The summed E-state index contributed by atoms with van der Waals surface area (Å²) in [5, 5.41) is 9.34. The highest BCUT2D eigenvalue weighted by molar-refractivity contribution is 6.32. The van der Waals surface area contributed by atoms with Crippen LogP contribution in [0.15, 0.2) is 6.07 Å². The number of aromatic nitrogens is 4. The maximum Gasteiger partial charge on any atom is 0.283 e. The molecule has 0 aliphatic rings. The van der Waals surface area contributed by atoms with Gasteiger partial charge in [0.25, 0.3) is 12.9 Å². The van der Waals surface area contributed by atoms with E-state index in [2.05, 4.69) is 15.5 Å². The maximum absolute atomic E-state index is 13.0. The van der Waals surface area contributed by atoms with Crippen molar-refractivity contribution in [1.82, 2.24) is 24.9 Å². The Hall–Kier alpha value is -2.10. The van der Waals surface area contributed by atoms with E-state index in [-0.39, 0.29) is 6.54 Å². The van der Waals surface area contributed by atoms with Crippen molar-refractivity contribution in [2.24, 2.45) is 0 Å². The first-order valence-electron chi connectivity index (χ1n) is 7.80. The molecule has 1 N–H and O–H groups in total. The molecular weight excluding hydrogens is 378 g/mol. The highest BCUT2D eigenvalue weighted by atomic mass is 35.5. The SMILES string of the molecule is Cc1cc(C)n(CCCNC(=O)Cn2nc(C(F)F)c(Cl)c2C(F)F)n1. The molecule has 2 aromatic rings. The van der Waals surface area contributed by atoms with Crippen LogP contribution in [0.4, 0.5) is 17.6 Å². The van der Waals surface area contributed by atoms with Gasteiger partial charge in [0.15, 0.2) is 0 Å². The molecular formula is C15H18ClF4N5O. The molecule has 0 saturated carbocycles. The van der Waals surface area contributed by atoms with Crippen molar-refractivity contribution in [3.8, 4) is 0 Å². The Kier molecular flexibility index (Phi) is 6.63. The van der Waals surface area contributed by atoms with E-state index in [1.54, 1.807) is 4.68 Å². The molecule has 0 aromatic carbocycles. The number of alkyl halides is 4. The summed E-state index contributed by atoms with van der Waals surface area (Å²) in [5.41, 5.74) is 0.0247. The zero-order valence-electron chi connectivity index (χ0n) is 14.1. The van der Waals surface area contributed by atoms with Gasteiger partial charge in [0.2, 0.25) is 5.91 Å². The van der Waals surface area contributed by atoms with Gasteiger partial charge in [0, 0.05) is 18.8 Å². The van der Waals surface area contributed by atoms with Crippen LogP contribution >= 0.6 is 11.6 Å². The van der Waals surface area contributed by atoms with Crippen molar-refractivity contribution in [3.63, 3.8) is 0 Å². The molecule has 6 nitrogen and oxygen atoms in total. The van der Waals surface area contributed by atoms with Gasteiger partial charge in [0.05, 0.1) is 10.7 Å². The summed E-state index contributed by atoms with van der Waals surface area (Å²) >= 11 is 5.53. The Morgan fingerprint density at radius 3 is 2.42 bits per heavy atom. The number of aryl methyl sites for hydroxylation is 3. The Bertz CT molecular complexity index is 774. The van der Waals surface area contributed by atoms with Gasteiger partial charge >= 0.3 is 0 Å². The lowest BCUT2D eigenvalue weighted by Gasteiger charge is -2.09. The number of rotatable bonds is 8. The van der Waals surface area contributed by atoms with Gasteiger partial charge in [0.1, 0.15) is 17.9 Å². The molecule has 2 aromatic heterocycles. The Labute approximate surface area is 152 Å². The lowest BCUT2D eigenvalue weighted by molar-refractivity contribution is -0.121. The lowest BCUT2D eigenvalue weighted by Crippen LogP contribution is -2.30. The van der Waals surface area contributed by atoms with E-state index in [0.29, 0.717) is 17.6 Å². The van der Waals surface area contributed by atoms with Crippen LogP contribution < -0.4 is 5.32 Å². The Balaban J connectivity index is 1.91. The van der Waals surface area contributed by atoms with E-state index in [0.717, 1.165) is 11.4 Å². The molecule has 0 aliphatic heterocycles. The monoisotopic (exact) mass is 395 g/mol. The van der Waals surface area contributed by atoms with Gasteiger partial charge in [-0.1, -0.05) is 11.6 Å². The second kappa shape index (κ2) is 8.52. The molecule has 0 aliphatic carbocycles. The molecule has 0 saturated heterocycles. The predicted molar refractivity (Wildman–Crippen MR) is 86.5 cm³/mol. The smallest absolute Gasteiger partial charge is 0.283 e. The topological polar surface area (TPSA) is 64.7 Å². The molecule has 26 heavy (non-hydrogen) atoms. The summed E-state index contributed by atoms with van der Waals surface area (Å²) in [6.07, 6.45) is -5.66. The van der Waals surface area contributed by atoms with Crippen LogP contribution in [0.25, 0.3) is 0 Å². The molecule has 0 bridgehead atoms. The second-order valence-electron chi connectivity index (χ2n) is 5.70. The van der Waals surface area contributed by atoms with E-state index >= 15 is 0 Å². The minimum Gasteiger partial charge on any atom is -0.354 e. The van der Waals surface area contributed by atoms with Crippen molar-refractivity contribution in [2.75, 3.05) is 6.54 Å². The third kappa shape index (κ3) is 4.75. The molecule has 2 heterocycles. The Morgan fingerprint density at radius 2 is 1.88 bits per heavy atom. The zero-order chi connectivity index (χ0) is 19.4. The fourth-order valence-corrected chi connectivity index (χ4v) is 2.79. The first-order chi connectivity index (χ1) is 12.2. The molecule has 144 valence electrons.